The van der Waals surface area contributed by atoms with Crippen molar-refractivity contribution >= 4 is 37.7 Å². The number of halogens is 1. The van der Waals surface area contributed by atoms with Crippen molar-refractivity contribution in [1.29, 1.82) is 0 Å². The third kappa shape index (κ3) is 4.77. The fraction of sp³-hybridized carbons (Fsp3) is 0.0571. The molecule has 0 spiro atoms. The molecule has 44 heavy (non-hydrogen) atoms. The molecule has 0 saturated carbocycles. The first-order valence-corrected chi connectivity index (χ1v) is 15.4. The van der Waals surface area contributed by atoms with E-state index in [4.69, 9.17) is 0 Å². The van der Waals surface area contributed by atoms with Gasteiger partial charge in [-0.05, 0) is 60.0 Å². The summed E-state index contributed by atoms with van der Waals surface area (Å²) in [7, 11) is -4.03. The minimum Gasteiger partial charge on any atom is -0.324 e. The SMILES string of the molecule is Cc1nc2cnccc2n1Cc1ccc(C(=O)c2cn(S(=O)(=O)c3ccccc3)c3cc(-c4ccc(F)cc4)ccc23)cc1. The molecule has 7 rings (SSSR count). The summed E-state index contributed by atoms with van der Waals surface area (Å²) in [5.41, 5.74) is 5.25. The Balaban J connectivity index is 1.29. The van der Waals surface area contributed by atoms with Crippen molar-refractivity contribution in [2.45, 2.75) is 18.4 Å². The molecule has 0 N–H and O–H groups in total. The van der Waals surface area contributed by atoms with E-state index in [1.54, 1.807) is 67.0 Å². The average Bonchev–Trinajstić information content (AvgIpc) is 3.59. The fourth-order valence-electron chi connectivity index (χ4n) is 5.51. The Morgan fingerprint density at radius 2 is 1.57 bits per heavy atom. The van der Waals surface area contributed by atoms with E-state index in [9.17, 15) is 17.6 Å². The van der Waals surface area contributed by atoms with Crippen LogP contribution in [0, 0.1) is 12.7 Å². The molecule has 0 atom stereocenters. The average molecular weight is 601 g/mol. The van der Waals surface area contributed by atoms with Gasteiger partial charge in [-0.2, -0.15) is 0 Å². The smallest absolute Gasteiger partial charge is 0.268 e. The lowest BCUT2D eigenvalue weighted by molar-refractivity contribution is 0.104. The second-order valence-corrected chi connectivity index (χ2v) is 12.3. The standard InChI is InChI=1S/C35H25FN4O3S/c1-23-38-32-20-37-18-17-33(32)39(23)21-24-7-9-26(10-8-24)35(41)31-22-40(44(42,43)29-5-3-2-4-6-29)34-19-27(13-16-30(31)34)25-11-14-28(36)15-12-25/h2-20,22H,21H2,1H3. The van der Waals surface area contributed by atoms with Gasteiger partial charge >= 0.3 is 0 Å². The lowest BCUT2D eigenvalue weighted by atomic mass is 9.99. The number of carbonyl (C=O) groups excluding carboxylic acids is 1. The van der Waals surface area contributed by atoms with E-state index < -0.39 is 10.0 Å². The quantitative estimate of drug-likeness (QED) is 0.184. The van der Waals surface area contributed by atoms with Gasteiger partial charge in [-0.25, -0.2) is 21.8 Å². The maximum atomic E-state index is 13.9. The van der Waals surface area contributed by atoms with Gasteiger partial charge in [0.05, 0.1) is 22.1 Å². The van der Waals surface area contributed by atoms with E-state index >= 15 is 0 Å². The van der Waals surface area contributed by atoms with Crippen LogP contribution in [0.2, 0.25) is 0 Å². The summed E-state index contributed by atoms with van der Waals surface area (Å²) >= 11 is 0. The first-order chi connectivity index (χ1) is 21.3. The first-order valence-electron chi connectivity index (χ1n) is 13.9. The van der Waals surface area contributed by atoms with Crippen molar-refractivity contribution in [3.05, 3.63) is 150 Å². The van der Waals surface area contributed by atoms with Crippen LogP contribution in [0.3, 0.4) is 0 Å². The molecule has 3 aromatic heterocycles. The number of hydrogen-bond donors (Lipinski definition) is 0. The van der Waals surface area contributed by atoms with Crippen molar-refractivity contribution in [2.75, 3.05) is 0 Å². The lowest BCUT2D eigenvalue weighted by Gasteiger charge is -2.09. The zero-order chi connectivity index (χ0) is 30.4. The molecule has 3 heterocycles. The highest BCUT2D eigenvalue weighted by atomic mass is 32.2. The van der Waals surface area contributed by atoms with Crippen LogP contribution in [-0.2, 0) is 16.6 Å². The van der Waals surface area contributed by atoms with Gasteiger partial charge in [0.25, 0.3) is 10.0 Å². The van der Waals surface area contributed by atoms with Gasteiger partial charge in [0.1, 0.15) is 17.2 Å². The molecule has 0 saturated heterocycles. The van der Waals surface area contributed by atoms with Crippen molar-refractivity contribution in [2.24, 2.45) is 0 Å². The van der Waals surface area contributed by atoms with Crippen molar-refractivity contribution in [3.63, 3.8) is 0 Å². The molecular formula is C35H25FN4O3S. The highest BCUT2D eigenvalue weighted by Gasteiger charge is 2.25. The molecule has 0 aliphatic carbocycles. The summed E-state index contributed by atoms with van der Waals surface area (Å²) < 4.78 is 44.5. The van der Waals surface area contributed by atoms with Crippen molar-refractivity contribution in [1.82, 2.24) is 18.5 Å². The van der Waals surface area contributed by atoms with E-state index in [-0.39, 0.29) is 22.1 Å². The molecule has 0 bridgehead atoms. The Bertz CT molecular complexity index is 2290. The number of imidazole rings is 1. The molecule has 9 heteroatoms. The maximum Gasteiger partial charge on any atom is 0.268 e. The van der Waals surface area contributed by atoms with Gasteiger partial charge in [0, 0.05) is 35.5 Å². The molecular weight excluding hydrogens is 575 g/mol. The van der Waals surface area contributed by atoms with Crippen LogP contribution in [0.4, 0.5) is 4.39 Å². The Hall–Kier alpha value is -5.41. The summed E-state index contributed by atoms with van der Waals surface area (Å²) in [6, 6.07) is 28.6. The lowest BCUT2D eigenvalue weighted by Crippen LogP contribution is -2.12. The van der Waals surface area contributed by atoms with Crippen molar-refractivity contribution < 1.29 is 17.6 Å². The summed E-state index contributed by atoms with van der Waals surface area (Å²) in [5, 5.41) is 0.499. The Labute approximate surface area is 252 Å². The fourth-order valence-corrected chi connectivity index (χ4v) is 6.89. The number of benzene rings is 4. The first kappa shape index (κ1) is 27.4. The molecule has 0 amide bonds. The predicted octanol–water partition coefficient (Wildman–Crippen LogP) is 7.02. The number of aromatic nitrogens is 4. The zero-order valence-corrected chi connectivity index (χ0v) is 24.4. The summed E-state index contributed by atoms with van der Waals surface area (Å²) in [5.74, 6) is 0.198. The van der Waals surface area contributed by atoms with Crippen LogP contribution in [0.25, 0.3) is 33.1 Å². The highest BCUT2D eigenvalue weighted by Crippen LogP contribution is 2.32. The molecule has 0 aliphatic rings. The molecule has 7 nitrogen and oxygen atoms in total. The van der Waals surface area contributed by atoms with Gasteiger partial charge in [0.15, 0.2) is 5.78 Å². The van der Waals surface area contributed by atoms with Crippen LogP contribution in [0.15, 0.2) is 127 Å². The molecule has 4 aromatic carbocycles. The van der Waals surface area contributed by atoms with E-state index in [1.807, 2.05) is 31.2 Å². The largest absolute Gasteiger partial charge is 0.324 e. The third-order valence-electron chi connectivity index (χ3n) is 7.79. The predicted molar refractivity (Wildman–Crippen MR) is 168 cm³/mol. The molecule has 216 valence electrons. The highest BCUT2D eigenvalue weighted by molar-refractivity contribution is 7.90. The molecule has 0 radical (unpaired) electrons. The minimum atomic E-state index is -4.03. The number of ketones is 1. The zero-order valence-electron chi connectivity index (χ0n) is 23.6. The van der Waals surface area contributed by atoms with E-state index in [1.165, 1.54) is 30.5 Å². The molecule has 0 aliphatic heterocycles. The number of pyridine rings is 1. The van der Waals surface area contributed by atoms with Crippen LogP contribution in [0.1, 0.15) is 27.3 Å². The number of hydrogen-bond acceptors (Lipinski definition) is 5. The van der Waals surface area contributed by atoms with Crippen molar-refractivity contribution in [3.8, 4) is 11.1 Å². The van der Waals surface area contributed by atoms with Crippen LogP contribution in [-0.4, -0.2) is 32.7 Å². The van der Waals surface area contributed by atoms with Gasteiger partial charge in [0.2, 0.25) is 0 Å². The normalized spacial score (nSPS) is 11.8. The molecule has 0 fully saturated rings. The number of fused-ring (bicyclic) bond motifs is 2. The summed E-state index contributed by atoms with van der Waals surface area (Å²) in [6.45, 7) is 2.51. The maximum absolute atomic E-state index is 13.9. The third-order valence-corrected chi connectivity index (χ3v) is 9.48. The van der Waals surface area contributed by atoms with Gasteiger partial charge in [-0.3, -0.25) is 9.78 Å². The van der Waals surface area contributed by atoms with Crippen LogP contribution >= 0.6 is 0 Å². The Morgan fingerprint density at radius 3 is 2.32 bits per heavy atom. The van der Waals surface area contributed by atoms with Crippen LogP contribution < -0.4 is 0 Å². The topological polar surface area (TPSA) is 86.8 Å². The monoisotopic (exact) mass is 600 g/mol. The van der Waals surface area contributed by atoms with E-state index in [2.05, 4.69) is 14.5 Å². The second-order valence-electron chi connectivity index (χ2n) is 10.5. The number of nitrogens with zero attached hydrogens (tertiary/aromatic N) is 4. The molecule has 7 aromatic rings. The second kappa shape index (κ2) is 10.7. The Kier molecular flexibility index (Phi) is 6.67. The van der Waals surface area contributed by atoms with Gasteiger partial charge in [-0.1, -0.05) is 66.7 Å². The number of rotatable bonds is 7. The van der Waals surface area contributed by atoms with Gasteiger partial charge in [-0.15, -0.1) is 0 Å². The number of carbonyl (C=O) groups is 1. The van der Waals surface area contributed by atoms with Gasteiger partial charge < -0.3 is 4.57 Å². The van der Waals surface area contributed by atoms with E-state index in [0.29, 0.717) is 28.6 Å². The summed E-state index contributed by atoms with van der Waals surface area (Å²) in [6.07, 6.45) is 4.86. The van der Waals surface area contributed by atoms with Crippen LogP contribution in [0.5, 0.6) is 0 Å². The Morgan fingerprint density at radius 1 is 0.841 bits per heavy atom. The number of aryl methyl sites for hydroxylation is 1. The molecule has 0 unspecified atom stereocenters. The summed E-state index contributed by atoms with van der Waals surface area (Å²) in [4.78, 5) is 22.7. The minimum absolute atomic E-state index is 0.102. The van der Waals surface area contributed by atoms with E-state index in [0.717, 1.165) is 32.0 Å².